The van der Waals surface area contributed by atoms with Gasteiger partial charge in [-0.15, -0.1) is 0 Å². The van der Waals surface area contributed by atoms with Gasteiger partial charge in [-0.3, -0.25) is 9.52 Å². The molecule has 0 unspecified atom stereocenters. The fourth-order valence-electron chi connectivity index (χ4n) is 1.05. The van der Waals surface area contributed by atoms with Gasteiger partial charge >= 0.3 is 5.97 Å². The molecule has 0 fully saturated rings. The number of sulfonamides is 1. The van der Waals surface area contributed by atoms with E-state index in [1.165, 1.54) is 0 Å². The lowest BCUT2D eigenvalue weighted by Gasteiger charge is -2.06. The van der Waals surface area contributed by atoms with E-state index < -0.39 is 16.0 Å². The van der Waals surface area contributed by atoms with Crippen LogP contribution in [0.1, 0.15) is 0 Å². The lowest BCUT2D eigenvalue weighted by atomic mass is 10.3. The quantitative estimate of drug-likeness (QED) is 0.703. The monoisotopic (exact) mass is 244 g/mol. The third-order valence-corrected chi connectivity index (χ3v) is 2.24. The third kappa shape index (κ3) is 4.65. The molecular formula is C9H12N2O4S. The molecule has 7 heteroatoms. The number of aliphatic carboxylic acids is 1. The molecule has 0 atom stereocenters. The van der Waals surface area contributed by atoms with E-state index in [0.29, 0.717) is 11.4 Å². The third-order valence-electron chi connectivity index (χ3n) is 1.63. The minimum atomic E-state index is -3.28. The average molecular weight is 244 g/mol. The number of benzene rings is 1. The van der Waals surface area contributed by atoms with Crippen molar-refractivity contribution in [1.29, 1.82) is 0 Å². The summed E-state index contributed by atoms with van der Waals surface area (Å²) in [6, 6.07) is 6.28. The topological polar surface area (TPSA) is 95.5 Å². The molecule has 0 spiro atoms. The van der Waals surface area contributed by atoms with E-state index in [-0.39, 0.29) is 6.54 Å². The van der Waals surface area contributed by atoms with Crippen molar-refractivity contribution in [3.63, 3.8) is 0 Å². The number of hydrogen-bond acceptors (Lipinski definition) is 4. The van der Waals surface area contributed by atoms with Crippen LogP contribution in [0.15, 0.2) is 24.3 Å². The van der Waals surface area contributed by atoms with Gasteiger partial charge in [0.1, 0.15) is 6.54 Å². The second kappa shape index (κ2) is 4.84. The van der Waals surface area contributed by atoms with Crippen LogP contribution < -0.4 is 10.0 Å². The Balaban J connectivity index is 2.64. The van der Waals surface area contributed by atoms with Crippen LogP contribution in [-0.2, 0) is 14.8 Å². The van der Waals surface area contributed by atoms with Gasteiger partial charge in [0.05, 0.1) is 6.26 Å². The summed E-state index contributed by atoms with van der Waals surface area (Å²) >= 11 is 0. The molecule has 0 aromatic heterocycles. The highest BCUT2D eigenvalue weighted by Crippen LogP contribution is 2.13. The number of rotatable bonds is 5. The van der Waals surface area contributed by atoms with Crippen molar-refractivity contribution >= 4 is 27.4 Å². The molecule has 0 heterocycles. The summed E-state index contributed by atoms with van der Waals surface area (Å²) in [6.45, 7) is -0.182. The Morgan fingerprint density at radius 2 is 1.75 bits per heavy atom. The van der Waals surface area contributed by atoms with Gasteiger partial charge in [0.15, 0.2) is 0 Å². The summed E-state index contributed by atoms with van der Waals surface area (Å²) < 4.78 is 24.1. The highest BCUT2D eigenvalue weighted by molar-refractivity contribution is 7.92. The molecule has 88 valence electrons. The van der Waals surface area contributed by atoms with Gasteiger partial charge in [-0.25, -0.2) is 8.42 Å². The smallest absolute Gasteiger partial charge is 0.322 e. The Hall–Kier alpha value is -1.76. The average Bonchev–Trinajstić information content (AvgIpc) is 2.14. The Bertz CT molecular complexity index is 467. The van der Waals surface area contributed by atoms with Crippen molar-refractivity contribution < 1.29 is 18.3 Å². The highest BCUT2D eigenvalue weighted by Gasteiger charge is 2.01. The minimum absolute atomic E-state index is 0.182. The molecule has 0 radical (unpaired) electrons. The van der Waals surface area contributed by atoms with E-state index in [9.17, 15) is 13.2 Å². The normalized spacial score (nSPS) is 10.8. The molecule has 16 heavy (non-hydrogen) atoms. The van der Waals surface area contributed by atoms with Gasteiger partial charge in [-0.2, -0.15) is 0 Å². The summed E-state index contributed by atoms with van der Waals surface area (Å²) in [4.78, 5) is 10.3. The second-order valence-corrected chi connectivity index (χ2v) is 4.95. The van der Waals surface area contributed by atoms with Crippen LogP contribution in [0.2, 0.25) is 0 Å². The molecule has 1 aromatic rings. The zero-order chi connectivity index (χ0) is 12.2. The molecule has 6 nitrogen and oxygen atoms in total. The Labute approximate surface area is 93.3 Å². The van der Waals surface area contributed by atoms with E-state index in [4.69, 9.17) is 5.11 Å². The molecule has 1 aromatic carbocycles. The predicted molar refractivity (Wildman–Crippen MR) is 61.0 cm³/mol. The fourth-order valence-corrected chi connectivity index (χ4v) is 1.61. The molecule has 0 aliphatic carbocycles. The zero-order valence-electron chi connectivity index (χ0n) is 8.60. The van der Waals surface area contributed by atoms with E-state index in [1.807, 2.05) is 0 Å². The number of carbonyl (C=O) groups is 1. The first-order valence-corrected chi connectivity index (χ1v) is 6.29. The molecule has 0 saturated carbocycles. The maximum atomic E-state index is 10.9. The van der Waals surface area contributed by atoms with Crippen LogP contribution in [0.25, 0.3) is 0 Å². The molecular weight excluding hydrogens is 232 g/mol. The van der Waals surface area contributed by atoms with E-state index >= 15 is 0 Å². The lowest BCUT2D eigenvalue weighted by molar-refractivity contribution is -0.134. The SMILES string of the molecule is CS(=O)(=O)Nc1ccc(NCC(=O)O)cc1. The first-order valence-electron chi connectivity index (χ1n) is 4.40. The summed E-state index contributed by atoms with van der Waals surface area (Å²) in [6.07, 6.45) is 1.06. The van der Waals surface area contributed by atoms with Crippen molar-refractivity contribution in [3.8, 4) is 0 Å². The number of carboxylic acids is 1. The van der Waals surface area contributed by atoms with Gasteiger partial charge in [0.25, 0.3) is 0 Å². The van der Waals surface area contributed by atoms with Crippen molar-refractivity contribution in [2.75, 3.05) is 22.8 Å². The van der Waals surface area contributed by atoms with Crippen molar-refractivity contribution in [2.45, 2.75) is 0 Å². The summed E-state index contributed by atoms with van der Waals surface area (Å²) in [5.41, 5.74) is 1.05. The number of anilines is 2. The number of hydrogen-bond donors (Lipinski definition) is 3. The standard InChI is InChI=1S/C9H12N2O4S/c1-16(14,15)11-8-4-2-7(3-5-8)10-6-9(12)13/h2-5,10-11H,6H2,1H3,(H,12,13). The lowest BCUT2D eigenvalue weighted by Crippen LogP contribution is -2.12. The van der Waals surface area contributed by atoms with E-state index in [0.717, 1.165) is 6.26 Å². The van der Waals surface area contributed by atoms with Crippen LogP contribution in [0.5, 0.6) is 0 Å². The molecule has 0 amide bonds. The minimum Gasteiger partial charge on any atom is -0.480 e. The van der Waals surface area contributed by atoms with E-state index in [1.54, 1.807) is 24.3 Å². The van der Waals surface area contributed by atoms with Crippen LogP contribution in [0.4, 0.5) is 11.4 Å². The fraction of sp³-hybridized carbons (Fsp3) is 0.222. The van der Waals surface area contributed by atoms with Gasteiger partial charge in [0.2, 0.25) is 10.0 Å². The molecule has 0 saturated heterocycles. The Kier molecular flexibility index (Phi) is 3.73. The first-order chi connectivity index (χ1) is 7.37. The summed E-state index contributed by atoms with van der Waals surface area (Å²) in [7, 11) is -3.28. The van der Waals surface area contributed by atoms with Crippen LogP contribution in [0, 0.1) is 0 Å². The predicted octanol–water partition coefficient (Wildman–Crippen LogP) is 0.555. The van der Waals surface area contributed by atoms with Crippen LogP contribution in [0.3, 0.4) is 0 Å². The summed E-state index contributed by atoms with van der Waals surface area (Å²) in [5.74, 6) is -0.960. The highest BCUT2D eigenvalue weighted by atomic mass is 32.2. The maximum absolute atomic E-state index is 10.9. The van der Waals surface area contributed by atoms with Gasteiger partial charge in [-0.1, -0.05) is 0 Å². The maximum Gasteiger partial charge on any atom is 0.322 e. The van der Waals surface area contributed by atoms with Gasteiger partial charge in [-0.05, 0) is 24.3 Å². The molecule has 0 aliphatic rings. The molecule has 1 rings (SSSR count). The zero-order valence-corrected chi connectivity index (χ0v) is 9.41. The van der Waals surface area contributed by atoms with Gasteiger partial charge < -0.3 is 10.4 Å². The second-order valence-electron chi connectivity index (χ2n) is 3.20. The molecule has 0 aliphatic heterocycles. The molecule has 3 N–H and O–H groups in total. The number of nitrogens with one attached hydrogen (secondary N) is 2. The van der Waals surface area contributed by atoms with E-state index in [2.05, 4.69) is 10.0 Å². The number of carboxylic acid groups (broad SMARTS) is 1. The molecule has 0 bridgehead atoms. The summed E-state index contributed by atoms with van der Waals surface area (Å²) in [5, 5.41) is 11.1. The van der Waals surface area contributed by atoms with Crippen LogP contribution in [-0.4, -0.2) is 32.3 Å². The Morgan fingerprint density at radius 3 is 2.19 bits per heavy atom. The Morgan fingerprint density at radius 1 is 1.25 bits per heavy atom. The van der Waals surface area contributed by atoms with Crippen molar-refractivity contribution in [3.05, 3.63) is 24.3 Å². The van der Waals surface area contributed by atoms with Crippen LogP contribution >= 0.6 is 0 Å². The van der Waals surface area contributed by atoms with Crippen molar-refractivity contribution in [2.24, 2.45) is 0 Å². The van der Waals surface area contributed by atoms with Crippen molar-refractivity contribution in [1.82, 2.24) is 0 Å². The largest absolute Gasteiger partial charge is 0.480 e. The first kappa shape index (κ1) is 12.3. The van der Waals surface area contributed by atoms with Gasteiger partial charge in [0, 0.05) is 11.4 Å².